The molecule has 0 spiro atoms. The molecule has 0 amide bonds. The van der Waals surface area contributed by atoms with Gasteiger partial charge in [0.15, 0.2) is 0 Å². The van der Waals surface area contributed by atoms with E-state index in [1.54, 1.807) is 10.8 Å². The molecule has 0 atom stereocenters. The Morgan fingerprint density at radius 1 is 0.643 bits per heavy atom. The largest absolute Gasteiger partial charge is 0.305 e. The van der Waals surface area contributed by atoms with Gasteiger partial charge < -0.3 is 9.97 Å². The van der Waals surface area contributed by atoms with Crippen LogP contribution in [0.25, 0.3) is 53.8 Å². The fraction of sp³-hybridized carbons (Fsp3) is 0.333. The molecule has 0 N–H and O–H groups in total. The van der Waals surface area contributed by atoms with Gasteiger partial charge in [0, 0.05) is 37.2 Å². The van der Waals surface area contributed by atoms with Gasteiger partial charge in [0.1, 0.15) is 0 Å². The molecule has 2 aliphatic rings. The number of aromatic nitrogens is 2. The van der Waals surface area contributed by atoms with Crippen molar-refractivity contribution in [1.29, 1.82) is 0 Å². The number of rotatable bonds is 8. The van der Waals surface area contributed by atoms with E-state index in [-0.39, 0.29) is 20.1 Å². The van der Waals surface area contributed by atoms with E-state index in [2.05, 4.69) is 129 Å². The van der Waals surface area contributed by atoms with Crippen LogP contribution in [0.4, 0.5) is 0 Å². The van der Waals surface area contributed by atoms with Gasteiger partial charge in [-0.2, -0.15) is 11.3 Å². The Morgan fingerprint density at radius 2 is 1.36 bits per heavy atom. The SMILES string of the molecule is C[Si](C)(C)c1cnc(-c2[c-]cccc2)cc1CC1CCCCC1.[Ir].[c-]1ccc2c(sc3c(-c4ccccc4)cccc32)c1-c1cc(CC2CCCCC2)ccn1. The molecule has 4 aromatic carbocycles. The maximum absolute atomic E-state index is 4.78. The number of hydrogen-bond acceptors (Lipinski definition) is 3. The summed E-state index contributed by atoms with van der Waals surface area (Å²) in [5.41, 5.74) is 9.91. The molecule has 3 aromatic heterocycles. The minimum atomic E-state index is -1.36. The van der Waals surface area contributed by atoms with E-state index in [1.807, 2.05) is 29.7 Å². The van der Waals surface area contributed by atoms with E-state index >= 15 is 0 Å². The van der Waals surface area contributed by atoms with E-state index in [1.165, 1.54) is 114 Å². The molecule has 9 rings (SSSR count). The molecular formula is C51H54IrN2SSi-2. The van der Waals surface area contributed by atoms with Crippen LogP contribution in [0.5, 0.6) is 0 Å². The molecule has 0 bridgehead atoms. The molecular weight excluding hydrogens is 893 g/mol. The van der Waals surface area contributed by atoms with Gasteiger partial charge in [-0.1, -0.05) is 161 Å². The number of benzene rings is 4. The molecule has 56 heavy (non-hydrogen) atoms. The summed E-state index contributed by atoms with van der Waals surface area (Å²) in [5, 5.41) is 4.17. The summed E-state index contributed by atoms with van der Waals surface area (Å²) in [6, 6.07) is 43.5. The molecule has 1 radical (unpaired) electrons. The van der Waals surface area contributed by atoms with Gasteiger partial charge in [-0.3, -0.25) is 0 Å². The fourth-order valence-electron chi connectivity index (χ4n) is 9.00. The maximum Gasteiger partial charge on any atom is 0.0798 e. The van der Waals surface area contributed by atoms with Crippen molar-refractivity contribution in [1.82, 2.24) is 9.97 Å². The van der Waals surface area contributed by atoms with Gasteiger partial charge in [0.05, 0.1) is 8.07 Å². The zero-order valence-electron chi connectivity index (χ0n) is 33.2. The number of nitrogens with zero attached hydrogens (tertiary/aromatic N) is 2. The molecule has 289 valence electrons. The van der Waals surface area contributed by atoms with Crippen molar-refractivity contribution < 1.29 is 20.1 Å². The molecule has 2 aliphatic carbocycles. The van der Waals surface area contributed by atoms with Crippen LogP contribution in [-0.2, 0) is 32.9 Å². The number of pyridine rings is 2. The Balaban J connectivity index is 0.000000178. The van der Waals surface area contributed by atoms with Crippen molar-refractivity contribution in [3.63, 3.8) is 0 Å². The second kappa shape index (κ2) is 18.7. The standard InChI is InChI=1S/C30H26NS.C21H28NSi.Ir/c1-3-9-21(10-4-1)19-22-17-18-31-28(20-22)27-16-8-15-26-25-14-7-13-24(29(25)32-30(26)27)23-11-5-2-6-12-23;1-23(2,3)21-16-22-20(18-12-8-5-9-13-18)15-19(21)14-17-10-6-4-7-11-17;/h2,5-8,11-15,17-18,20-21H,1,3-4,9-10,19H2;5,8-9,12,15-17H,4,6-7,10-11,14H2,1-3H3;/q2*-1;. The van der Waals surface area contributed by atoms with Crippen molar-refractivity contribution in [2.75, 3.05) is 0 Å². The summed E-state index contributed by atoms with van der Waals surface area (Å²) in [6.45, 7) is 7.30. The Bertz CT molecular complexity index is 2330. The van der Waals surface area contributed by atoms with Crippen molar-refractivity contribution in [2.24, 2.45) is 11.8 Å². The first-order valence-electron chi connectivity index (χ1n) is 20.7. The second-order valence-electron chi connectivity index (χ2n) is 17.0. The zero-order valence-corrected chi connectivity index (χ0v) is 37.5. The predicted octanol–water partition coefficient (Wildman–Crippen LogP) is 13.9. The van der Waals surface area contributed by atoms with Crippen LogP contribution in [0.3, 0.4) is 0 Å². The summed E-state index contributed by atoms with van der Waals surface area (Å²) in [4.78, 5) is 9.55. The van der Waals surface area contributed by atoms with Crippen LogP contribution in [-0.4, -0.2) is 18.0 Å². The molecule has 7 aromatic rings. The normalized spacial score (nSPS) is 15.3. The summed E-state index contributed by atoms with van der Waals surface area (Å²) in [6.07, 6.45) is 20.6. The monoisotopic (exact) mass is 947 g/mol. The smallest absolute Gasteiger partial charge is 0.0798 e. The van der Waals surface area contributed by atoms with Crippen molar-refractivity contribution in [3.05, 3.63) is 139 Å². The Kier molecular flexibility index (Phi) is 13.5. The Hall–Kier alpha value is -3.73. The predicted molar refractivity (Wildman–Crippen MR) is 239 cm³/mol. The van der Waals surface area contributed by atoms with Gasteiger partial charge in [0.25, 0.3) is 0 Å². The molecule has 2 fully saturated rings. The number of hydrogen-bond donors (Lipinski definition) is 0. The topological polar surface area (TPSA) is 25.8 Å². The third kappa shape index (κ3) is 9.51. The van der Waals surface area contributed by atoms with Crippen molar-refractivity contribution >= 4 is 44.8 Å². The molecule has 0 unspecified atom stereocenters. The third-order valence-corrected chi connectivity index (χ3v) is 15.2. The Labute approximate surface area is 353 Å². The first-order valence-corrected chi connectivity index (χ1v) is 25.1. The van der Waals surface area contributed by atoms with Crippen LogP contribution >= 0.6 is 11.3 Å². The first-order chi connectivity index (χ1) is 26.9. The first kappa shape index (κ1) is 40.5. The van der Waals surface area contributed by atoms with E-state index in [0.29, 0.717) is 0 Å². The minimum absolute atomic E-state index is 0. The van der Waals surface area contributed by atoms with Crippen LogP contribution in [0, 0.1) is 24.0 Å². The van der Waals surface area contributed by atoms with Gasteiger partial charge in [-0.05, 0) is 68.5 Å². The molecule has 2 nitrogen and oxygen atoms in total. The quantitative estimate of drug-likeness (QED) is 0.112. The van der Waals surface area contributed by atoms with E-state index in [9.17, 15) is 0 Å². The molecule has 0 saturated heterocycles. The summed E-state index contributed by atoms with van der Waals surface area (Å²) in [7, 11) is -1.36. The van der Waals surface area contributed by atoms with Gasteiger partial charge in [0.2, 0.25) is 0 Å². The van der Waals surface area contributed by atoms with Crippen LogP contribution in [0.1, 0.15) is 75.3 Å². The van der Waals surface area contributed by atoms with Crippen molar-refractivity contribution in [2.45, 2.75) is 96.7 Å². The van der Waals surface area contributed by atoms with Crippen LogP contribution in [0.2, 0.25) is 19.6 Å². The van der Waals surface area contributed by atoms with Crippen molar-refractivity contribution in [3.8, 4) is 33.6 Å². The zero-order chi connectivity index (χ0) is 37.6. The maximum atomic E-state index is 4.78. The summed E-state index contributed by atoms with van der Waals surface area (Å²) >= 11 is 1.87. The summed E-state index contributed by atoms with van der Waals surface area (Å²) < 4.78 is 2.63. The van der Waals surface area contributed by atoms with E-state index < -0.39 is 8.07 Å². The molecule has 2 saturated carbocycles. The average Bonchev–Trinajstić information content (AvgIpc) is 3.62. The minimum Gasteiger partial charge on any atom is -0.305 e. The van der Waals surface area contributed by atoms with Gasteiger partial charge in [-0.15, -0.1) is 59.7 Å². The van der Waals surface area contributed by atoms with Gasteiger partial charge in [-0.25, -0.2) is 0 Å². The van der Waals surface area contributed by atoms with E-state index in [0.717, 1.165) is 34.4 Å². The second-order valence-corrected chi connectivity index (χ2v) is 23.0. The Morgan fingerprint density at radius 3 is 2.07 bits per heavy atom. The molecule has 5 heteroatoms. The molecule has 3 heterocycles. The molecule has 0 aliphatic heterocycles. The summed E-state index contributed by atoms with van der Waals surface area (Å²) in [5.74, 6) is 1.70. The average molecular weight is 947 g/mol. The van der Waals surface area contributed by atoms with Gasteiger partial charge >= 0.3 is 0 Å². The van der Waals surface area contributed by atoms with E-state index in [4.69, 9.17) is 9.97 Å². The number of fused-ring (bicyclic) bond motifs is 3. The van der Waals surface area contributed by atoms with Crippen LogP contribution < -0.4 is 5.19 Å². The third-order valence-electron chi connectivity index (χ3n) is 11.9. The fourth-order valence-corrected chi connectivity index (χ4v) is 11.9. The van der Waals surface area contributed by atoms with Crippen LogP contribution in [0.15, 0.2) is 116 Å². The number of thiophene rings is 1.